The molecule has 0 amide bonds. The molecular formula is C58H62N2O6. The van der Waals surface area contributed by atoms with Crippen LogP contribution in [0.1, 0.15) is 112 Å². The minimum Gasteiger partial charge on any atom is -0.300 e. The SMILES string of the molecule is O=C1CCC(NCOOCc2ccccc2)CC1.O=C1c2ccccc2CCc2ccccc21.c1ccc(COOCNC2CCC(=C3c4ccccc4CCc4ccccc43)CC2)cc1. The zero-order chi connectivity index (χ0) is 45.2. The number of carbonyl (C=O) groups is 2. The summed E-state index contributed by atoms with van der Waals surface area (Å²) < 4.78 is 0. The van der Waals surface area contributed by atoms with Crippen molar-refractivity contribution in [2.75, 3.05) is 13.5 Å². The van der Waals surface area contributed by atoms with Crippen LogP contribution in [0.5, 0.6) is 0 Å². The highest BCUT2D eigenvalue weighted by molar-refractivity contribution is 6.11. The molecule has 8 heteroatoms. The fourth-order valence-corrected chi connectivity index (χ4v) is 9.41. The van der Waals surface area contributed by atoms with Crippen molar-refractivity contribution in [1.82, 2.24) is 10.6 Å². The van der Waals surface area contributed by atoms with E-state index in [0.29, 0.717) is 57.4 Å². The van der Waals surface area contributed by atoms with Crippen molar-refractivity contribution in [1.29, 1.82) is 0 Å². The van der Waals surface area contributed by atoms with Gasteiger partial charge >= 0.3 is 0 Å². The Bertz CT molecular complexity index is 2400. The molecule has 0 unspecified atom stereocenters. The third-order valence-corrected chi connectivity index (χ3v) is 13.1. The van der Waals surface area contributed by atoms with E-state index < -0.39 is 0 Å². The number of allylic oxidation sites excluding steroid dienone is 1. The predicted octanol–water partition coefficient (Wildman–Crippen LogP) is 11.4. The number of Topliss-reactive ketones (excluding diaryl/α,β-unsaturated/α-hetero) is 1. The van der Waals surface area contributed by atoms with Gasteiger partial charge in [0.2, 0.25) is 0 Å². The van der Waals surface area contributed by atoms with Gasteiger partial charge in [0.05, 0.1) is 0 Å². The normalized spacial score (nSPS) is 16.8. The Balaban J connectivity index is 0.000000147. The number of nitrogens with one attached hydrogen (secondary N) is 2. The van der Waals surface area contributed by atoms with Gasteiger partial charge in [0, 0.05) is 36.1 Å². The first-order valence-electron chi connectivity index (χ1n) is 23.7. The summed E-state index contributed by atoms with van der Waals surface area (Å²) in [6.45, 7) is 1.72. The summed E-state index contributed by atoms with van der Waals surface area (Å²) in [5.74, 6) is 0.540. The molecule has 0 aliphatic heterocycles. The standard InChI is InChI=1S/C29H31NO2.C15H12O.C14H19NO3/c1-2-8-22(9-3-1)20-31-32-21-30-26-18-16-25(17-19-26)29-27-12-6-4-10-23(27)14-15-24-11-5-7-13-28(24)29;16-15-13-7-3-1-5-11(13)9-10-12-6-2-4-8-14(12)15;16-14-8-6-13(7-9-14)15-11-18-17-10-12-4-2-1-3-5-12/h1-13,26,30H,14-21H2;1-8H,9-10H2;1-5,13,15H,6-11H2. The van der Waals surface area contributed by atoms with Crippen LogP contribution in [0.25, 0.3) is 5.57 Å². The van der Waals surface area contributed by atoms with E-state index in [0.717, 1.165) is 86.5 Å². The highest BCUT2D eigenvalue weighted by Crippen LogP contribution is 2.40. The molecule has 6 aromatic carbocycles. The molecule has 10 rings (SSSR count). The summed E-state index contributed by atoms with van der Waals surface area (Å²) >= 11 is 0. The van der Waals surface area contributed by atoms with E-state index in [-0.39, 0.29) is 5.78 Å². The second-order valence-electron chi connectivity index (χ2n) is 17.5. The van der Waals surface area contributed by atoms with Crippen molar-refractivity contribution in [2.24, 2.45) is 0 Å². The van der Waals surface area contributed by atoms with Crippen molar-refractivity contribution >= 4 is 17.1 Å². The number of hydrogen-bond donors (Lipinski definition) is 2. The molecule has 4 aliphatic carbocycles. The third-order valence-electron chi connectivity index (χ3n) is 13.1. The van der Waals surface area contributed by atoms with Gasteiger partial charge in [-0.25, -0.2) is 19.6 Å². The molecule has 2 saturated carbocycles. The zero-order valence-corrected chi connectivity index (χ0v) is 37.9. The Labute approximate surface area is 390 Å². The largest absolute Gasteiger partial charge is 0.300 e. The van der Waals surface area contributed by atoms with Gasteiger partial charge in [-0.1, -0.05) is 163 Å². The van der Waals surface area contributed by atoms with Gasteiger partial charge in [-0.2, -0.15) is 0 Å². The Kier molecular flexibility index (Phi) is 17.4. The first kappa shape index (κ1) is 46.7. The molecule has 0 aromatic heterocycles. The smallest absolute Gasteiger partial charge is 0.193 e. The van der Waals surface area contributed by atoms with E-state index in [1.54, 1.807) is 5.57 Å². The lowest BCUT2D eigenvalue weighted by atomic mass is 9.82. The Morgan fingerprint density at radius 1 is 0.379 bits per heavy atom. The van der Waals surface area contributed by atoms with E-state index in [1.165, 1.54) is 39.0 Å². The Morgan fingerprint density at radius 3 is 1.15 bits per heavy atom. The van der Waals surface area contributed by atoms with Crippen LogP contribution in [0.2, 0.25) is 0 Å². The van der Waals surface area contributed by atoms with Crippen molar-refractivity contribution in [3.8, 4) is 0 Å². The maximum absolute atomic E-state index is 12.3. The lowest BCUT2D eigenvalue weighted by Crippen LogP contribution is -2.34. The van der Waals surface area contributed by atoms with Crippen LogP contribution in [0.3, 0.4) is 0 Å². The molecule has 0 atom stereocenters. The quantitative estimate of drug-likeness (QED) is 0.0543. The number of fused-ring (bicyclic) bond motifs is 4. The average molecular weight is 883 g/mol. The van der Waals surface area contributed by atoms with Gasteiger partial charge in [-0.05, 0) is 114 Å². The number of ketones is 2. The average Bonchev–Trinajstić information content (AvgIpc) is 3.63. The van der Waals surface area contributed by atoms with E-state index in [2.05, 4.69) is 71.3 Å². The molecule has 340 valence electrons. The number of benzene rings is 6. The van der Waals surface area contributed by atoms with Crippen LogP contribution >= 0.6 is 0 Å². The van der Waals surface area contributed by atoms with Crippen LogP contribution in [0.4, 0.5) is 0 Å². The molecule has 0 heterocycles. The maximum Gasteiger partial charge on any atom is 0.193 e. The summed E-state index contributed by atoms with van der Waals surface area (Å²) in [5.41, 5.74) is 15.2. The van der Waals surface area contributed by atoms with Crippen molar-refractivity contribution in [2.45, 2.75) is 102 Å². The maximum atomic E-state index is 12.3. The molecule has 6 aromatic rings. The first-order valence-corrected chi connectivity index (χ1v) is 23.7. The van der Waals surface area contributed by atoms with Crippen LogP contribution in [-0.2, 0) is 63.2 Å². The fourth-order valence-electron chi connectivity index (χ4n) is 9.41. The lowest BCUT2D eigenvalue weighted by molar-refractivity contribution is -0.309. The fraction of sp³-hybridized carbons (Fsp3) is 0.310. The van der Waals surface area contributed by atoms with Gasteiger partial charge in [-0.3, -0.25) is 20.2 Å². The van der Waals surface area contributed by atoms with Crippen LogP contribution in [-0.4, -0.2) is 37.1 Å². The predicted molar refractivity (Wildman–Crippen MR) is 260 cm³/mol. The van der Waals surface area contributed by atoms with E-state index >= 15 is 0 Å². The molecule has 0 bridgehead atoms. The summed E-state index contributed by atoms with van der Waals surface area (Å²) in [6, 6.07) is 54.7. The summed E-state index contributed by atoms with van der Waals surface area (Å²) in [7, 11) is 0. The van der Waals surface area contributed by atoms with E-state index in [1.807, 2.05) is 97.1 Å². The highest BCUT2D eigenvalue weighted by atomic mass is 17.2. The van der Waals surface area contributed by atoms with Gasteiger partial charge in [0.25, 0.3) is 0 Å². The molecule has 0 spiro atoms. The Hall–Kier alpha value is -5.84. The lowest BCUT2D eigenvalue weighted by Gasteiger charge is -2.27. The molecule has 4 aliphatic rings. The number of rotatable bonds is 12. The van der Waals surface area contributed by atoms with Gasteiger partial charge in [-0.15, -0.1) is 0 Å². The Morgan fingerprint density at radius 2 is 0.727 bits per heavy atom. The van der Waals surface area contributed by atoms with Crippen LogP contribution < -0.4 is 10.6 Å². The second-order valence-corrected chi connectivity index (χ2v) is 17.5. The summed E-state index contributed by atoms with van der Waals surface area (Å²) in [4.78, 5) is 44.3. The molecule has 8 nitrogen and oxygen atoms in total. The van der Waals surface area contributed by atoms with Gasteiger partial charge in [0.15, 0.2) is 5.78 Å². The van der Waals surface area contributed by atoms with Crippen molar-refractivity contribution in [3.05, 3.63) is 219 Å². The molecule has 2 fully saturated rings. The summed E-state index contributed by atoms with van der Waals surface area (Å²) in [5, 5.41) is 6.74. The van der Waals surface area contributed by atoms with Crippen molar-refractivity contribution < 1.29 is 29.1 Å². The molecule has 0 saturated heterocycles. The minimum atomic E-state index is 0.170. The van der Waals surface area contributed by atoms with E-state index in [4.69, 9.17) is 19.6 Å². The number of aryl methyl sites for hydroxylation is 4. The third kappa shape index (κ3) is 13.2. The van der Waals surface area contributed by atoms with Crippen LogP contribution in [0.15, 0.2) is 163 Å². The first-order chi connectivity index (χ1) is 32.6. The highest BCUT2D eigenvalue weighted by Gasteiger charge is 2.25. The molecule has 2 N–H and O–H groups in total. The minimum absolute atomic E-state index is 0.170. The second kappa shape index (κ2) is 24.6. The van der Waals surface area contributed by atoms with Gasteiger partial charge in [0.1, 0.15) is 32.5 Å². The van der Waals surface area contributed by atoms with E-state index in [9.17, 15) is 9.59 Å². The molecular weight excluding hydrogens is 821 g/mol. The van der Waals surface area contributed by atoms with Gasteiger partial charge < -0.3 is 0 Å². The monoisotopic (exact) mass is 882 g/mol. The topological polar surface area (TPSA) is 95.1 Å². The number of hydrogen-bond acceptors (Lipinski definition) is 8. The van der Waals surface area contributed by atoms with Crippen molar-refractivity contribution in [3.63, 3.8) is 0 Å². The number of carbonyl (C=O) groups excluding carboxylic acids is 2. The molecule has 66 heavy (non-hydrogen) atoms. The summed E-state index contributed by atoms with van der Waals surface area (Å²) in [6.07, 6.45) is 11.8. The molecule has 0 radical (unpaired) electrons. The zero-order valence-electron chi connectivity index (χ0n) is 37.9. The van der Waals surface area contributed by atoms with Crippen LogP contribution in [0, 0.1) is 0 Å².